The van der Waals surface area contributed by atoms with Crippen LogP contribution < -0.4 is 0 Å². The van der Waals surface area contributed by atoms with Crippen LogP contribution in [0.25, 0.3) is 11.4 Å². The normalized spacial score (nSPS) is 11.5. The Morgan fingerprint density at radius 3 is 1.43 bits per heavy atom. The van der Waals surface area contributed by atoms with E-state index in [9.17, 15) is 0 Å². The summed E-state index contributed by atoms with van der Waals surface area (Å²) in [6.45, 7) is 3.35. The minimum absolute atomic E-state index is 0.755. The highest BCUT2D eigenvalue weighted by molar-refractivity contribution is 5.30. The Morgan fingerprint density at radius 1 is 0.633 bits per heavy atom. The van der Waals surface area contributed by atoms with Crippen LogP contribution in [0.15, 0.2) is 73.1 Å². The molecule has 0 aliphatic heterocycles. The lowest BCUT2D eigenvalue weighted by Crippen LogP contribution is -2.30. The summed E-state index contributed by atoms with van der Waals surface area (Å²) < 4.78 is 3.62. The number of hydrogen-bond donors (Lipinski definition) is 0. The zero-order chi connectivity index (χ0) is 20.8. The van der Waals surface area contributed by atoms with Gasteiger partial charge in [0.2, 0.25) is 0 Å². The van der Waals surface area contributed by atoms with Gasteiger partial charge in [-0.15, -0.1) is 10.2 Å². The van der Waals surface area contributed by atoms with Crippen molar-refractivity contribution in [3.8, 4) is 11.4 Å². The number of likely N-dealkylation sites (N-methyl/N-ethyl adjacent to an activating group) is 2. The van der Waals surface area contributed by atoms with E-state index < -0.39 is 0 Å². The summed E-state index contributed by atoms with van der Waals surface area (Å²) in [6, 6.07) is 20.1. The van der Waals surface area contributed by atoms with E-state index in [1.54, 1.807) is 0 Å². The predicted molar refractivity (Wildman–Crippen MR) is 115 cm³/mol. The highest BCUT2D eigenvalue weighted by Gasteiger charge is 2.09. The third kappa shape index (κ3) is 5.16. The third-order valence-electron chi connectivity index (χ3n) is 4.85. The Bertz CT molecular complexity index is 955. The predicted octanol–water partition coefficient (Wildman–Crippen LogP) is 2.41. The molecule has 0 amide bonds. The van der Waals surface area contributed by atoms with E-state index >= 15 is 0 Å². The monoisotopic (exact) mass is 402 g/mol. The number of benzene rings is 2. The Hall–Kier alpha value is -3.36. The number of para-hydroxylation sites is 2. The molecule has 8 heteroatoms. The van der Waals surface area contributed by atoms with Crippen LogP contribution in [0.5, 0.6) is 0 Å². The van der Waals surface area contributed by atoms with Crippen LogP contribution in [0.4, 0.5) is 0 Å². The molecule has 0 spiro atoms. The fraction of sp³-hybridized carbons (Fsp3) is 0.273. The topological polar surface area (TPSA) is 67.9 Å². The van der Waals surface area contributed by atoms with E-state index in [2.05, 4.69) is 44.5 Å². The summed E-state index contributed by atoms with van der Waals surface area (Å²) in [5.74, 6) is 0. The lowest BCUT2D eigenvalue weighted by Gasteiger charge is -2.20. The number of rotatable bonds is 9. The first-order chi connectivity index (χ1) is 14.7. The first-order valence-corrected chi connectivity index (χ1v) is 9.98. The maximum atomic E-state index is 4.30. The van der Waals surface area contributed by atoms with E-state index in [0.717, 1.165) is 48.9 Å². The second-order valence-electron chi connectivity index (χ2n) is 7.46. The van der Waals surface area contributed by atoms with E-state index in [4.69, 9.17) is 0 Å². The lowest BCUT2D eigenvalue weighted by atomic mass is 10.3. The second-order valence-corrected chi connectivity index (χ2v) is 7.46. The SMILES string of the molecule is CN(CCN(C)Cc1cn(-c2ccccc2)nn1)Cc1cn(-c2ccccc2)nn1. The average Bonchev–Trinajstić information content (AvgIpc) is 3.43. The van der Waals surface area contributed by atoms with E-state index in [1.807, 2.05) is 82.4 Å². The van der Waals surface area contributed by atoms with Crippen molar-refractivity contribution in [1.82, 2.24) is 39.8 Å². The first kappa shape index (κ1) is 19.9. The van der Waals surface area contributed by atoms with Crippen molar-refractivity contribution < 1.29 is 0 Å². The van der Waals surface area contributed by atoms with Crippen LogP contribution >= 0.6 is 0 Å². The molecular weight excluding hydrogens is 376 g/mol. The summed E-state index contributed by atoms with van der Waals surface area (Å²) in [5, 5.41) is 17.1. The molecule has 2 aromatic heterocycles. The molecule has 2 aromatic carbocycles. The summed E-state index contributed by atoms with van der Waals surface area (Å²) in [4.78, 5) is 4.49. The number of nitrogens with zero attached hydrogens (tertiary/aromatic N) is 8. The highest BCUT2D eigenvalue weighted by atomic mass is 15.4. The van der Waals surface area contributed by atoms with E-state index in [0.29, 0.717) is 0 Å². The fourth-order valence-electron chi connectivity index (χ4n) is 3.21. The summed E-state index contributed by atoms with van der Waals surface area (Å²) in [5.41, 5.74) is 3.94. The zero-order valence-corrected chi connectivity index (χ0v) is 17.3. The van der Waals surface area contributed by atoms with Crippen LogP contribution in [0.1, 0.15) is 11.4 Å². The van der Waals surface area contributed by atoms with Crippen LogP contribution in [0, 0.1) is 0 Å². The Balaban J connectivity index is 1.25. The molecule has 4 aromatic rings. The van der Waals surface area contributed by atoms with Crippen molar-refractivity contribution in [3.63, 3.8) is 0 Å². The fourth-order valence-corrected chi connectivity index (χ4v) is 3.21. The van der Waals surface area contributed by atoms with Crippen LogP contribution in [0.3, 0.4) is 0 Å². The smallest absolute Gasteiger partial charge is 0.0971 e. The largest absolute Gasteiger partial charge is 0.299 e. The van der Waals surface area contributed by atoms with Crippen LogP contribution in [-0.2, 0) is 13.1 Å². The van der Waals surface area contributed by atoms with Crippen molar-refractivity contribution >= 4 is 0 Å². The Kier molecular flexibility index (Phi) is 6.26. The van der Waals surface area contributed by atoms with Gasteiger partial charge in [-0.2, -0.15) is 0 Å². The van der Waals surface area contributed by atoms with Crippen molar-refractivity contribution in [1.29, 1.82) is 0 Å². The van der Waals surface area contributed by atoms with Crippen LogP contribution in [-0.4, -0.2) is 67.0 Å². The lowest BCUT2D eigenvalue weighted by molar-refractivity contribution is 0.244. The average molecular weight is 403 g/mol. The van der Waals surface area contributed by atoms with Gasteiger partial charge in [-0.25, -0.2) is 9.36 Å². The van der Waals surface area contributed by atoms with Crippen molar-refractivity contribution in [2.24, 2.45) is 0 Å². The molecule has 0 fully saturated rings. The van der Waals surface area contributed by atoms with Gasteiger partial charge in [0.1, 0.15) is 0 Å². The van der Waals surface area contributed by atoms with Gasteiger partial charge in [0.05, 0.1) is 35.2 Å². The van der Waals surface area contributed by atoms with Crippen LogP contribution in [0.2, 0.25) is 0 Å². The summed E-state index contributed by atoms with van der Waals surface area (Å²) in [6.07, 6.45) is 3.97. The quantitative estimate of drug-likeness (QED) is 0.428. The molecule has 8 nitrogen and oxygen atoms in total. The van der Waals surface area contributed by atoms with Gasteiger partial charge in [-0.1, -0.05) is 46.8 Å². The van der Waals surface area contributed by atoms with Gasteiger partial charge in [-0.3, -0.25) is 9.80 Å². The zero-order valence-electron chi connectivity index (χ0n) is 17.3. The van der Waals surface area contributed by atoms with E-state index in [-0.39, 0.29) is 0 Å². The number of aromatic nitrogens is 6. The molecule has 0 unspecified atom stereocenters. The van der Waals surface area contributed by atoms with Crippen molar-refractivity contribution in [3.05, 3.63) is 84.4 Å². The molecule has 154 valence electrons. The molecule has 30 heavy (non-hydrogen) atoms. The van der Waals surface area contributed by atoms with Gasteiger partial charge >= 0.3 is 0 Å². The van der Waals surface area contributed by atoms with Gasteiger partial charge in [0.15, 0.2) is 0 Å². The maximum Gasteiger partial charge on any atom is 0.0971 e. The molecule has 0 radical (unpaired) electrons. The molecule has 0 bridgehead atoms. The highest BCUT2D eigenvalue weighted by Crippen LogP contribution is 2.08. The van der Waals surface area contributed by atoms with Crippen molar-refractivity contribution in [2.45, 2.75) is 13.1 Å². The molecule has 0 aliphatic carbocycles. The third-order valence-corrected chi connectivity index (χ3v) is 4.85. The standard InChI is InChI=1S/C22H26N8/c1-27(15-19-17-29(25-23-19)21-9-5-3-6-10-21)13-14-28(2)16-20-18-30(26-24-20)22-11-7-4-8-12-22/h3-12,17-18H,13-16H2,1-2H3. The van der Waals surface area contributed by atoms with Gasteiger partial charge in [-0.05, 0) is 38.4 Å². The molecule has 0 N–H and O–H groups in total. The van der Waals surface area contributed by atoms with E-state index in [1.165, 1.54) is 0 Å². The summed E-state index contributed by atoms with van der Waals surface area (Å²) in [7, 11) is 4.20. The van der Waals surface area contributed by atoms with Crippen molar-refractivity contribution in [2.75, 3.05) is 27.2 Å². The van der Waals surface area contributed by atoms with Gasteiger partial charge < -0.3 is 0 Å². The maximum absolute atomic E-state index is 4.30. The number of hydrogen-bond acceptors (Lipinski definition) is 6. The minimum atomic E-state index is 0.755. The molecule has 4 rings (SSSR count). The Morgan fingerprint density at radius 2 is 1.03 bits per heavy atom. The second kappa shape index (κ2) is 9.43. The van der Waals surface area contributed by atoms with Gasteiger partial charge in [0, 0.05) is 26.2 Å². The molecule has 0 saturated carbocycles. The molecule has 2 heterocycles. The Labute approximate surface area is 176 Å². The minimum Gasteiger partial charge on any atom is -0.299 e. The summed E-state index contributed by atoms with van der Waals surface area (Å²) >= 11 is 0. The molecular formula is C22H26N8. The van der Waals surface area contributed by atoms with Gasteiger partial charge in [0.25, 0.3) is 0 Å². The molecule has 0 saturated heterocycles. The molecule has 0 atom stereocenters. The first-order valence-electron chi connectivity index (χ1n) is 9.98. The molecule has 0 aliphatic rings.